The van der Waals surface area contributed by atoms with E-state index in [2.05, 4.69) is 5.32 Å². The Morgan fingerprint density at radius 3 is 2.19 bits per heavy atom. The molecule has 11 heteroatoms. The molecule has 0 aliphatic heterocycles. The number of benzene rings is 3. The van der Waals surface area contributed by atoms with Crippen LogP contribution in [-0.2, 0) is 32.6 Å². The van der Waals surface area contributed by atoms with E-state index in [0.29, 0.717) is 27.0 Å². The molecule has 0 fully saturated rings. The zero-order valence-electron chi connectivity index (χ0n) is 25.1. The van der Waals surface area contributed by atoms with E-state index in [1.165, 1.54) is 16.3 Å². The third-order valence-corrected chi connectivity index (χ3v) is 8.42. The minimum absolute atomic E-state index is 0.00146. The molecule has 0 spiro atoms. The molecule has 0 unspecified atom stereocenters. The number of amides is 2. The average Bonchev–Trinajstić information content (AvgIpc) is 2.93. The first kappa shape index (κ1) is 34.2. The predicted octanol–water partition coefficient (Wildman–Crippen LogP) is 6.10. The molecule has 3 aromatic rings. The SMILES string of the molecule is COc1ccc(N(CCCC(=O)N(Cc2ccc(Cl)cc2Cl)[C@@H](Cc2ccccc2)C(=O)NC(C)(C)C)S(C)(=O)=O)cc1. The molecule has 1 N–H and O–H groups in total. The summed E-state index contributed by atoms with van der Waals surface area (Å²) >= 11 is 12.6. The number of carbonyl (C=O) groups excluding carboxylic acids is 2. The Kier molecular flexibility index (Phi) is 11.9. The summed E-state index contributed by atoms with van der Waals surface area (Å²) in [6.07, 6.45) is 1.63. The second kappa shape index (κ2) is 14.9. The van der Waals surface area contributed by atoms with Crippen LogP contribution in [0.4, 0.5) is 5.69 Å². The van der Waals surface area contributed by atoms with Gasteiger partial charge in [-0.1, -0.05) is 59.6 Å². The van der Waals surface area contributed by atoms with Gasteiger partial charge in [-0.2, -0.15) is 0 Å². The van der Waals surface area contributed by atoms with Gasteiger partial charge in [0, 0.05) is 41.5 Å². The summed E-state index contributed by atoms with van der Waals surface area (Å²) < 4.78 is 31.8. The topological polar surface area (TPSA) is 96.0 Å². The van der Waals surface area contributed by atoms with Crippen LogP contribution in [0.25, 0.3) is 0 Å². The van der Waals surface area contributed by atoms with Crippen LogP contribution in [0.5, 0.6) is 5.75 Å². The highest BCUT2D eigenvalue weighted by molar-refractivity contribution is 7.92. The number of anilines is 1. The third-order valence-electron chi connectivity index (χ3n) is 6.64. The molecule has 43 heavy (non-hydrogen) atoms. The fourth-order valence-electron chi connectivity index (χ4n) is 4.59. The lowest BCUT2D eigenvalue weighted by Crippen LogP contribution is -2.54. The number of sulfonamides is 1. The van der Waals surface area contributed by atoms with Crippen molar-refractivity contribution in [3.05, 3.63) is 94.0 Å². The Labute approximate surface area is 265 Å². The predicted molar refractivity (Wildman–Crippen MR) is 173 cm³/mol. The van der Waals surface area contributed by atoms with Crippen molar-refractivity contribution in [2.75, 3.05) is 24.2 Å². The second-order valence-corrected chi connectivity index (χ2v) is 14.1. The van der Waals surface area contributed by atoms with E-state index in [9.17, 15) is 18.0 Å². The smallest absolute Gasteiger partial charge is 0.243 e. The van der Waals surface area contributed by atoms with Crippen LogP contribution in [0.15, 0.2) is 72.8 Å². The molecule has 0 aliphatic carbocycles. The van der Waals surface area contributed by atoms with Gasteiger partial charge in [-0.3, -0.25) is 13.9 Å². The quantitative estimate of drug-likeness (QED) is 0.242. The lowest BCUT2D eigenvalue weighted by molar-refractivity contribution is -0.142. The Balaban J connectivity index is 1.92. The molecule has 1 atom stereocenters. The van der Waals surface area contributed by atoms with Crippen LogP contribution in [-0.4, -0.2) is 56.6 Å². The summed E-state index contributed by atoms with van der Waals surface area (Å²) in [5.41, 5.74) is 1.45. The van der Waals surface area contributed by atoms with Crippen molar-refractivity contribution in [1.82, 2.24) is 10.2 Å². The molecule has 0 bridgehead atoms. The first-order valence-electron chi connectivity index (χ1n) is 13.9. The summed E-state index contributed by atoms with van der Waals surface area (Å²) in [5, 5.41) is 3.86. The number of ether oxygens (including phenoxy) is 1. The maximum Gasteiger partial charge on any atom is 0.243 e. The van der Waals surface area contributed by atoms with E-state index < -0.39 is 21.6 Å². The maximum absolute atomic E-state index is 14.0. The second-order valence-electron chi connectivity index (χ2n) is 11.3. The highest BCUT2D eigenvalue weighted by Gasteiger charge is 2.32. The molecule has 3 aromatic carbocycles. The number of hydrogen-bond acceptors (Lipinski definition) is 5. The zero-order chi connectivity index (χ0) is 31.8. The maximum atomic E-state index is 14.0. The van der Waals surface area contributed by atoms with Gasteiger partial charge in [0.15, 0.2) is 0 Å². The molecule has 232 valence electrons. The first-order chi connectivity index (χ1) is 20.2. The van der Waals surface area contributed by atoms with Crippen LogP contribution in [0.3, 0.4) is 0 Å². The summed E-state index contributed by atoms with van der Waals surface area (Å²) in [7, 11) is -2.10. The fourth-order valence-corrected chi connectivity index (χ4v) is 6.03. The van der Waals surface area contributed by atoms with Gasteiger partial charge in [0.2, 0.25) is 21.8 Å². The summed E-state index contributed by atoms with van der Waals surface area (Å²) in [4.78, 5) is 29.2. The highest BCUT2D eigenvalue weighted by Crippen LogP contribution is 2.26. The van der Waals surface area contributed by atoms with Crippen molar-refractivity contribution in [3.63, 3.8) is 0 Å². The van der Waals surface area contributed by atoms with Gasteiger partial charge in [0.05, 0.1) is 19.1 Å². The van der Waals surface area contributed by atoms with Gasteiger partial charge >= 0.3 is 0 Å². The molecule has 0 saturated carbocycles. The van der Waals surface area contributed by atoms with Gasteiger partial charge in [0.1, 0.15) is 11.8 Å². The lowest BCUT2D eigenvalue weighted by Gasteiger charge is -2.34. The van der Waals surface area contributed by atoms with Crippen LogP contribution in [0, 0.1) is 0 Å². The van der Waals surface area contributed by atoms with Crippen LogP contribution in [0.2, 0.25) is 10.0 Å². The fraction of sp³-hybridized carbons (Fsp3) is 0.375. The molecular formula is C32H39Cl2N3O5S. The van der Waals surface area contributed by atoms with Gasteiger partial charge in [0.25, 0.3) is 0 Å². The van der Waals surface area contributed by atoms with Crippen molar-refractivity contribution in [2.24, 2.45) is 0 Å². The van der Waals surface area contributed by atoms with Gasteiger partial charge in [-0.15, -0.1) is 0 Å². The van der Waals surface area contributed by atoms with Crippen LogP contribution in [0.1, 0.15) is 44.7 Å². The minimum Gasteiger partial charge on any atom is -0.497 e. The van der Waals surface area contributed by atoms with E-state index in [1.807, 2.05) is 51.1 Å². The molecule has 0 heterocycles. The van der Waals surface area contributed by atoms with Crippen LogP contribution >= 0.6 is 23.2 Å². The van der Waals surface area contributed by atoms with E-state index in [-0.39, 0.29) is 44.2 Å². The minimum atomic E-state index is -3.63. The molecular weight excluding hydrogens is 609 g/mol. The number of carbonyl (C=O) groups is 2. The van der Waals surface area contributed by atoms with Gasteiger partial charge in [-0.05, 0) is 74.7 Å². The number of nitrogens with zero attached hydrogens (tertiary/aromatic N) is 2. The largest absolute Gasteiger partial charge is 0.497 e. The molecule has 0 radical (unpaired) electrons. The number of hydrogen-bond donors (Lipinski definition) is 1. The zero-order valence-corrected chi connectivity index (χ0v) is 27.5. The van der Waals surface area contributed by atoms with Crippen molar-refractivity contribution in [3.8, 4) is 5.75 Å². The number of rotatable bonds is 13. The highest BCUT2D eigenvalue weighted by atomic mass is 35.5. The third kappa shape index (κ3) is 10.4. The Hall–Kier alpha value is -3.27. The van der Waals surface area contributed by atoms with Crippen molar-refractivity contribution in [2.45, 2.75) is 58.2 Å². The van der Waals surface area contributed by atoms with Crippen molar-refractivity contribution < 1.29 is 22.7 Å². The van der Waals surface area contributed by atoms with Crippen molar-refractivity contribution in [1.29, 1.82) is 0 Å². The van der Waals surface area contributed by atoms with E-state index in [4.69, 9.17) is 27.9 Å². The van der Waals surface area contributed by atoms with E-state index >= 15 is 0 Å². The molecule has 0 aliphatic rings. The van der Waals surface area contributed by atoms with E-state index in [1.54, 1.807) is 42.5 Å². The average molecular weight is 649 g/mol. The van der Waals surface area contributed by atoms with Gasteiger partial charge < -0.3 is 15.0 Å². The lowest BCUT2D eigenvalue weighted by atomic mass is 10.00. The van der Waals surface area contributed by atoms with Crippen LogP contribution < -0.4 is 14.4 Å². The Bertz CT molecular complexity index is 1490. The summed E-state index contributed by atoms with van der Waals surface area (Å²) in [6.45, 7) is 5.78. The van der Waals surface area contributed by atoms with Crippen molar-refractivity contribution >= 4 is 50.7 Å². The molecule has 2 amide bonds. The molecule has 0 aromatic heterocycles. The molecule has 8 nitrogen and oxygen atoms in total. The Morgan fingerprint density at radius 1 is 0.977 bits per heavy atom. The monoisotopic (exact) mass is 647 g/mol. The van der Waals surface area contributed by atoms with E-state index in [0.717, 1.165) is 11.8 Å². The first-order valence-corrected chi connectivity index (χ1v) is 16.5. The molecule has 0 saturated heterocycles. The number of nitrogens with one attached hydrogen (secondary N) is 1. The summed E-state index contributed by atoms with van der Waals surface area (Å²) in [5.74, 6) is -0.00755. The number of methoxy groups -OCH3 is 1. The van der Waals surface area contributed by atoms with Gasteiger partial charge in [-0.25, -0.2) is 8.42 Å². The Morgan fingerprint density at radius 2 is 1.63 bits per heavy atom. The standard InChI is InChI=1S/C32H39Cl2N3O5S/c1-32(2,3)35-31(39)29(20-23-10-7-6-8-11-23)36(22-24-13-14-25(33)21-28(24)34)30(38)12-9-19-37(43(5,40)41)26-15-17-27(42-4)18-16-26/h6-8,10-11,13-18,21,29H,9,12,19-20,22H2,1-5H3,(H,35,39)/t29-/m0/s1. The molecule has 3 rings (SSSR count). The normalized spacial score (nSPS) is 12.3. The summed E-state index contributed by atoms with van der Waals surface area (Å²) in [6, 6.07) is 20.3. The number of halogens is 2.